The number of nitrogens with zero attached hydrogens (tertiary/aromatic N) is 1. The van der Waals surface area contributed by atoms with Gasteiger partial charge >= 0.3 is 6.03 Å². The number of carbonyl (C=O) groups is 4. The predicted octanol–water partition coefficient (Wildman–Crippen LogP) is 3.62. The van der Waals surface area contributed by atoms with Crippen LogP contribution in [0, 0.1) is 0 Å². The number of amides is 4. The Morgan fingerprint density at radius 2 is 1.73 bits per heavy atom. The fourth-order valence-electron chi connectivity index (χ4n) is 5.23. The highest BCUT2D eigenvalue weighted by molar-refractivity contribution is 6.38. The molecule has 0 aromatic heterocycles. The molecule has 3 aliphatic rings. The first-order chi connectivity index (χ1) is 17.9. The number of ketones is 1. The molecule has 3 N–H and O–H groups in total. The van der Waals surface area contributed by atoms with Crippen LogP contribution in [0.25, 0.3) is 0 Å². The highest BCUT2D eigenvalue weighted by Gasteiger charge is 2.43. The molecule has 2 atom stereocenters. The lowest BCUT2D eigenvalue weighted by Crippen LogP contribution is -2.64. The smallest absolute Gasteiger partial charge is 0.318 e. The second kappa shape index (κ2) is 15.7. The van der Waals surface area contributed by atoms with Crippen LogP contribution in [0.5, 0.6) is 0 Å². The van der Waals surface area contributed by atoms with E-state index in [1.807, 2.05) is 20.8 Å². The fraction of sp³-hybridized carbons (Fsp3) is 0.786. The number of rotatable bonds is 9. The average molecular weight is 521 g/mol. The summed E-state index contributed by atoms with van der Waals surface area (Å²) in [5, 5.41) is 8.70. The van der Waals surface area contributed by atoms with Gasteiger partial charge in [-0.3, -0.25) is 14.4 Å². The Balaban J connectivity index is 0.00000235. The lowest BCUT2D eigenvalue weighted by atomic mass is 9.80. The Hall–Kier alpha value is -2.42. The summed E-state index contributed by atoms with van der Waals surface area (Å²) in [6, 6.07) is -1.39. The van der Waals surface area contributed by atoms with Crippen LogP contribution in [-0.4, -0.2) is 72.5 Å². The van der Waals surface area contributed by atoms with Gasteiger partial charge in [0.2, 0.25) is 11.7 Å². The van der Waals surface area contributed by atoms with Gasteiger partial charge in [-0.2, -0.15) is 0 Å². The van der Waals surface area contributed by atoms with E-state index in [0.29, 0.717) is 52.0 Å². The summed E-state index contributed by atoms with van der Waals surface area (Å²) >= 11 is 0. The molecule has 0 radical (unpaired) electrons. The zero-order valence-electron chi connectivity index (χ0n) is 23.2. The van der Waals surface area contributed by atoms with Crippen LogP contribution in [0.3, 0.4) is 0 Å². The molecule has 1 saturated heterocycles. The Morgan fingerprint density at radius 3 is 2.35 bits per heavy atom. The molecule has 0 aromatic carbocycles. The first-order valence-electron chi connectivity index (χ1n) is 14.3. The molecule has 1 heterocycles. The van der Waals surface area contributed by atoms with Gasteiger partial charge in [0.15, 0.2) is 0 Å². The number of morpholine rings is 1. The first-order valence-corrected chi connectivity index (χ1v) is 14.3. The number of nitrogens with one attached hydrogen (secondary N) is 3. The van der Waals surface area contributed by atoms with Gasteiger partial charge < -0.3 is 25.6 Å². The third-order valence-electron chi connectivity index (χ3n) is 7.52. The minimum absolute atomic E-state index is 0.194. The van der Waals surface area contributed by atoms with Gasteiger partial charge in [0, 0.05) is 13.1 Å². The molecule has 3 fully saturated rings. The summed E-state index contributed by atoms with van der Waals surface area (Å²) < 4.78 is 5.33. The van der Waals surface area contributed by atoms with Crippen molar-refractivity contribution < 1.29 is 23.9 Å². The van der Waals surface area contributed by atoms with Crippen molar-refractivity contribution in [1.82, 2.24) is 20.9 Å². The number of hydrogen-bond donors (Lipinski definition) is 3. The molecular weight excluding hydrogens is 472 g/mol. The third kappa shape index (κ3) is 8.83. The molecule has 0 aromatic rings. The summed E-state index contributed by atoms with van der Waals surface area (Å²) in [6.45, 7) is 11.9. The van der Waals surface area contributed by atoms with Gasteiger partial charge in [0.1, 0.15) is 5.54 Å². The molecule has 9 heteroatoms. The summed E-state index contributed by atoms with van der Waals surface area (Å²) in [4.78, 5) is 54.2. The van der Waals surface area contributed by atoms with Gasteiger partial charge in [-0.05, 0) is 38.5 Å². The molecule has 1 aliphatic heterocycles. The highest BCUT2D eigenvalue weighted by Crippen LogP contribution is 2.29. The molecule has 2 saturated carbocycles. The molecule has 2 aliphatic carbocycles. The lowest BCUT2D eigenvalue weighted by molar-refractivity contribution is -0.141. The minimum atomic E-state index is -1.08. The van der Waals surface area contributed by atoms with E-state index in [2.05, 4.69) is 22.5 Å². The lowest BCUT2D eigenvalue weighted by Gasteiger charge is -2.39. The number of carbonyl (C=O) groups excluding carboxylic acids is 4. The second-order valence-electron chi connectivity index (χ2n) is 10.1. The van der Waals surface area contributed by atoms with Crippen molar-refractivity contribution in [1.29, 1.82) is 0 Å². The van der Waals surface area contributed by atoms with Gasteiger partial charge in [0.25, 0.3) is 5.91 Å². The van der Waals surface area contributed by atoms with Crippen LogP contribution in [0.2, 0.25) is 0 Å². The van der Waals surface area contributed by atoms with Crippen LogP contribution >= 0.6 is 0 Å². The van der Waals surface area contributed by atoms with E-state index in [-0.39, 0.29) is 18.0 Å². The predicted molar refractivity (Wildman–Crippen MR) is 144 cm³/mol. The van der Waals surface area contributed by atoms with Crippen molar-refractivity contribution in [2.75, 3.05) is 26.3 Å². The standard InChI is InChI=1S/C26H42N4O5.C2H6/c1-3-4-11-21(22(31)23(32)27-20-12-7-6-10-19(20)2)28-24(33)26(13-8-5-9-14-26)29-25(34)30-15-17-35-18-16-30;1-2/h20-21H,2-18H2,1H3,(H,27,32)(H,28,33)(H,29,34);1-2H3. The molecule has 0 bridgehead atoms. The van der Waals surface area contributed by atoms with Crippen molar-refractivity contribution in [3.05, 3.63) is 12.2 Å². The summed E-state index contributed by atoms with van der Waals surface area (Å²) in [5.74, 6) is -1.67. The molecule has 9 nitrogen and oxygen atoms in total. The van der Waals surface area contributed by atoms with E-state index in [1.165, 1.54) is 0 Å². The Morgan fingerprint density at radius 1 is 1.05 bits per heavy atom. The summed E-state index contributed by atoms with van der Waals surface area (Å²) in [5.41, 5.74) is -0.134. The van der Waals surface area contributed by atoms with Gasteiger partial charge in [-0.1, -0.05) is 71.4 Å². The Bertz CT molecular complexity index is 787. The SMILES string of the molecule is C=C1CCCCC1NC(=O)C(=O)C(CCCC)NC(=O)C1(NC(=O)N2CCOCC2)CCCCC1.CC. The van der Waals surface area contributed by atoms with Crippen LogP contribution in [-0.2, 0) is 19.1 Å². The van der Waals surface area contributed by atoms with Crippen molar-refractivity contribution >= 4 is 23.6 Å². The molecule has 2 unspecified atom stereocenters. The van der Waals surface area contributed by atoms with E-state index in [9.17, 15) is 19.2 Å². The molecular formula is C28H48N4O5. The van der Waals surface area contributed by atoms with Crippen LogP contribution < -0.4 is 16.0 Å². The maximum absolute atomic E-state index is 13.6. The molecule has 0 spiro atoms. The van der Waals surface area contributed by atoms with Crippen LogP contribution in [0.1, 0.15) is 97.8 Å². The Kier molecular flexibility index (Phi) is 13.1. The number of Topliss-reactive ketones (excluding diaryl/α,β-unsaturated/α-hetero) is 1. The van der Waals surface area contributed by atoms with Gasteiger partial charge in [-0.25, -0.2) is 4.79 Å². The first kappa shape index (κ1) is 30.8. The molecule has 4 amide bonds. The zero-order valence-corrected chi connectivity index (χ0v) is 23.2. The number of hydrogen-bond acceptors (Lipinski definition) is 5. The number of unbranched alkanes of at least 4 members (excludes halogenated alkanes) is 1. The highest BCUT2D eigenvalue weighted by atomic mass is 16.5. The van der Waals surface area contributed by atoms with E-state index >= 15 is 0 Å². The largest absolute Gasteiger partial charge is 0.378 e. The molecule has 3 rings (SSSR count). The van der Waals surface area contributed by atoms with E-state index in [4.69, 9.17) is 4.74 Å². The molecule has 37 heavy (non-hydrogen) atoms. The fourth-order valence-corrected chi connectivity index (χ4v) is 5.23. The van der Waals surface area contributed by atoms with E-state index in [1.54, 1.807) is 4.90 Å². The zero-order chi connectivity index (χ0) is 27.3. The average Bonchev–Trinajstić information content (AvgIpc) is 2.93. The number of ether oxygens (including phenoxy) is 1. The summed E-state index contributed by atoms with van der Waals surface area (Å²) in [6.07, 6.45) is 9.22. The maximum atomic E-state index is 13.6. The van der Waals surface area contributed by atoms with E-state index in [0.717, 1.165) is 56.9 Å². The molecule has 210 valence electrons. The third-order valence-corrected chi connectivity index (χ3v) is 7.52. The number of urea groups is 1. The van der Waals surface area contributed by atoms with Gasteiger partial charge in [-0.15, -0.1) is 0 Å². The van der Waals surface area contributed by atoms with Gasteiger partial charge in [0.05, 0.1) is 25.3 Å². The summed E-state index contributed by atoms with van der Waals surface area (Å²) in [7, 11) is 0. The minimum Gasteiger partial charge on any atom is -0.378 e. The van der Waals surface area contributed by atoms with Crippen LogP contribution in [0.4, 0.5) is 4.79 Å². The van der Waals surface area contributed by atoms with E-state index < -0.39 is 23.3 Å². The maximum Gasteiger partial charge on any atom is 0.318 e. The van der Waals surface area contributed by atoms with Crippen molar-refractivity contribution in [3.63, 3.8) is 0 Å². The van der Waals surface area contributed by atoms with Crippen LogP contribution in [0.15, 0.2) is 12.2 Å². The monoisotopic (exact) mass is 520 g/mol. The van der Waals surface area contributed by atoms with Crippen molar-refractivity contribution in [3.8, 4) is 0 Å². The normalized spacial score (nSPS) is 22.1. The Labute approximate surface area is 222 Å². The quantitative estimate of drug-likeness (QED) is 0.317. The topological polar surface area (TPSA) is 117 Å². The van der Waals surface area contributed by atoms with Crippen molar-refractivity contribution in [2.45, 2.75) is 115 Å². The van der Waals surface area contributed by atoms with Crippen molar-refractivity contribution in [2.24, 2.45) is 0 Å². The second-order valence-corrected chi connectivity index (χ2v) is 10.1.